The lowest BCUT2D eigenvalue weighted by Crippen LogP contribution is -2.60. The highest BCUT2D eigenvalue weighted by atomic mass is 19.1. The summed E-state index contributed by atoms with van der Waals surface area (Å²) in [6.07, 6.45) is 7.22. The van der Waals surface area contributed by atoms with Crippen molar-refractivity contribution in [2.24, 2.45) is 5.41 Å². The van der Waals surface area contributed by atoms with Crippen LogP contribution in [0, 0.1) is 17.0 Å². The minimum Gasteiger partial charge on any atom is -0.387 e. The van der Waals surface area contributed by atoms with Gasteiger partial charge in [-0.25, -0.2) is 13.8 Å². The van der Waals surface area contributed by atoms with Gasteiger partial charge in [-0.15, -0.1) is 0 Å². The van der Waals surface area contributed by atoms with E-state index in [2.05, 4.69) is 22.2 Å². The van der Waals surface area contributed by atoms with E-state index in [-0.39, 0.29) is 35.2 Å². The fourth-order valence-corrected chi connectivity index (χ4v) is 6.81. The fraction of sp³-hybridized carbons (Fsp3) is 0.469. The van der Waals surface area contributed by atoms with Crippen LogP contribution < -0.4 is 10.9 Å². The van der Waals surface area contributed by atoms with Crippen LogP contribution in [0.25, 0.3) is 11.3 Å². The Morgan fingerprint density at radius 2 is 1.79 bits per heavy atom. The van der Waals surface area contributed by atoms with Crippen LogP contribution in [-0.4, -0.2) is 76.2 Å². The molecule has 2 N–H and O–H groups in total. The molecule has 224 valence electrons. The Morgan fingerprint density at radius 3 is 2.48 bits per heavy atom. The number of rotatable bonds is 5. The van der Waals surface area contributed by atoms with Gasteiger partial charge in [0.1, 0.15) is 11.6 Å². The van der Waals surface area contributed by atoms with Crippen molar-refractivity contribution in [3.05, 3.63) is 88.5 Å². The third-order valence-corrected chi connectivity index (χ3v) is 9.11. The molecule has 3 fully saturated rings. The Hall–Kier alpha value is -3.47. The number of piperazine rings is 1. The van der Waals surface area contributed by atoms with Gasteiger partial charge in [0.2, 0.25) is 6.41 Å². The molecule has 1 aromatic heterocycles. The highest BCUT2D eigenvalue weighted by molar-refractivity contribution is 5.58. The van der Waals surface area contributed by atoms with Crippen molar-refractivity contribution in [1.29, 1.82) is 0 Å². The van der Waals surface area contributed by atoms with E-state index in [4.69, 9.17) is 0 Å². The van der Waals surface area contributed by atoms with Gasteiger partial charge in [-0.1, -0.05) is 37.1 Å². The zero-order chi connectivity index (χ0) is 29.7. The Bertz CT molecular complexity index is 1440. The molecule has 1 amide bonds. The molecule has 2 saturated heterocycles. The van der Waals surface area contributed by atoms with E-state index < -0.39 is 5.60 Å². The summed E-state index contributed by atoms with van der Waals surface area (Å²) in [5.74, 6) is -0.619. The number of aliphatic hydroxyl groups is 1. The summed E-state index contributed by atoms with van der Waals surface area (Å²) in [6, 6.07) is 13.8. The first-order chi connectivity index (χ1) is 20.2. The Morgan fingerprint density at radius 1 is 1.05 bits per heavy atom. The lowest BCUT2D eigenvalue weighted by molar-refractivity contribution is -0.139. The molecule has 1 spiro atoms. The molecule has 2 atom stereocenters. The summed E-state index contributed by atoms with van der Waals surface area (Å²) in [7, 11) is 2.10. The molecule has 1 saturated carbocycles. The Kier molecular flexibility index (Phi) is 9.15. The zero-order valence-electron chi connectivity index (χ0n) is 24.0. The number of nitrogens with zero attached hydrogens (tertiary/aromatic N) is 4. The predicted molar refractivity (Wildman–Crippen MR) is 157 cm³/mol. The lowest BCUT2D eigenvalue weighted by atomic mass is 9.66. The standard InChI is InChI=1S/C21H26FN3O2.C11H13FN2O/c1-24-10-9-21(27,20(13-24)7-2-3-8-20)14-25-15-23-18(12-19(25)26)16-5-4-6-17(22)11-16;12-10-3-1-2-9(6-10)11-7-13-4-5-14(11)8-15/h4-6,11-12,15,27H,2-3,7-10,13-14H2,1H3;1-3,6,8,11,13H,4-5,7H2. The number of benzene rings is 2. The second kappa shape index (κ2) is 12.8. The van der Waals surface area contributed by atoms with Crippen molar-refractivity contribution in [2.45, 2.75) is 50.3 Å². The van der Waals surface area contributed by atoms with E-state index in [1.807, 2.05) is 6.07 Å². The van der Waals surface area contributed by atoms with Gasteiger partial charge in [-0.2, -0.15) is 0 Å². The molecule has 2 aromatic carbocycles. The van der Waals surface area contributed by atoms with Gasteiger partial charge in [0.05, 0.1) is 30.2 Å². The van der Waals surface area contributed by atoms with Crippen molar-refractivity contribution in [3.63, 3.8) is 0 Å². The molecular weight excluding hydrogens is 540 g/mol. The number of carbonyl (C=O) groups excluding carboxylic acids is 1. The van der Waals surface area contributed by atoms with Crippen LogP contribution in [0.4, 0.5) is 8.78 Å². The molecule has 2 unspecified atom stereocenters. The van der Waals surface area contributed by atoms with Gasteiger partial charge >= 0.3 is 0 Å². The molecule has 3 heterocycles. The molecule has 2 aliphatic heterocycles. The van der Waals surface area contributed by atoms with Crippen molar-refractivity contribution in [2.75, 3.05) is 39.8 Å². The van der Waals surface area contributed by atoms with Crippen molar-refractivity contribution in [3.8, 4) is 11.3 Å². The van der Waals surface area contributed by atoms with Crippen LogP contribution in [0.1, 0.15) is 43.7 Å². The second-order valence-electron chi connectivity index (χ2n) is 11.9. The first-order valence-corrected chi connectivity index (χ1v) is 14.6. The molecule has 0 bridgehead atoms. The van der Waals surface area contributed by atoms with Crippen LogP contribution >= 0.6 is 0 Å². The summed E-state index contributed by atoms with van der Waals surface area (Å²) in [6.45, 7) is 4.10. The topological polar surface area (TPSA) is 90.7 Å². The van der Waals surface area contributed by atoms with Gasteiger partial charge < -0.3 is 20.2 Å². The third kappa shape index (κ3) is 6.45. The average Bonchev–Trinajstić information content (AvgIpc) is 3.46. The molecule has 8 nitrogen and oxygen atoms in total. The van der Waals surface area contributed by atoms with Gasteiger partial charge in [0.25, 0.3) is 5.56 Å². The maximum absolute atomic E-state index is 13.4. The predicted octanol–water partition coefficient (Wildman–Crippen LogP) is 3.60. The van der Waals surface area contributed by atoms with E-state index in [1.54, 1.807) is 23.1 Å². The van der Waals surface area contributed by atoms with Crippen molar-refractivity contribution in [1.82, 2.24) is 24.7 Å². The van der Waals surface area contributed by atoms with E-state index in [0.29, 0.717) is 30.8 Å². The molecule has 3 aromatic rings. The minimum atomic E-state index is -0.901. The lowest BCUT2D eigenvalue weighted by Gasteiger charge is -2.51. The third-order valence-electron chi connectivity index (χ3n) is 9.11. The number of hydrogen-bond donors (Lipinski definition) is 2. The van der Waals surface area contributed by atoms with Crippen LogP contribution in [0.5, 0.6) is 0 Å². The molecule has 1 aliphatic carbocycles. The smallest absolute Gasteiger partial charge is 0.253 e. The number of aromatic nitrogens is 2. The first kappa shape index (κ1) is 30.0. The number of nitrogens with one attached hydrogen (secondary N) is 1. The Balaban J connectivity index is 0.000000199. The monoisotopic (exact) mass is 579 g/mol. The maximum Gasteiger partial charge on any atom is 0.253 e. The number of amides is 1. The number of piperidine rings is 1. The fourth-order valence-electron chi connectivity index (χ4n) is 6.81. The molecule has 6 rings (SSSR count). The molecule has 0 radical (unpaired) electrons. The summed E-state index contributed by atoms with van der Waals surface area (Å²) < 4.78 is 28.0. The SMILES string of the molecule is CN1CCC(O)(Cn2cnc(-c3cccc(F)c3)cc2=O)C2(CCCC2)C1.O=CN1CCNCC1c1cccc(F)c1. The van der Waals surface area contributed by atoms with Gasteiger partial charge in [-0.3, -0.25) is 14.2 Å². The van der Waals surface area contributed by atoms with E-state index in [9.17, 15) is 23.5 Å². The summed E-state index contributed by atoms with van der Waals surface area (Å²) in [5, 5.41) is 14.8. The van der Waals surface area contributed by atoms with Gasteiger partial charge in [0.15, 0.2) is 0 Å². The number of likely N-dealkylation sites (tertiary alicyclic amines) is 1. The van der Waals surface area contributed by atoms with Crippen LogP contribution in [-0.2, 0) is 11.3 Å². The first-order valence-electron chi connectivity index (χ1n) is 14.6. The molecule has 42 heavy (non-hydrogen) atoms. The summed E-state index contributed by atoms with van der Waals surface area (Å²) in [5.41, 5.74) is 0.591. The quantitative estimate of drug-likeness (QED) is 0.449. The largest absolute Gasteiger partial charge is 0.387 e. The summed E-state index contributed by atoms with van der Waals surface area (Å²) in [4.78, 5) is 31.9. The normalized spacial score (nSPS) is 23.8. The van der Waals surface area contributed by atoms with Crippen LogP contribution in [0.15, 0.2) is 65.7 Å². The number of halogens is 2. The zero-order valence-corrected chi connectivity index (χ0v) is 24.0. The van der Waals surface area contributed by atoms with Crippen LogP contribution in [0.2, 0.25) is 0 Å². The highest BCUT2D eigenvalue weighted by Gasteiger charge is 2.54. The molecule has 10 heteroatoms. The maximum atomic E-state index is 13.4. The van der Waals surface area contributed by atoms with E-state index in [1.165, 1.54) is 41.2 Å². The average molecular weight is 580 g/mol. The molecule has 3 aliphatic rings. The Labute approximate surface area is 245 Å². The summed E-state index contributed by atoms with van der Waals surface area (Å²) >= 11 is 0. The molecular formula is C32H39F2N5O3. The van der Waals surface area contributed by atoms with Gasteiger partial charge in [-0.05, 0) is 56.1 Å². The van der Waals surface area contributed by atoms with Crippen molar-refractivity contribution < 1.29 is 18.7 Å². The minimum absolute atomic E-state index is 0.0491. The number of hydrogen-bond acceptors (Lipinski definition) is 6. The number of carbonyl (C=O) groups is 1. The van der Waals surface area contributed by atoms with Crippen LogP contribution in [0.3, 0.4) is 0 Å². The van der Waals surface area contributed by atoms with Gasteiger partial charge in [0, 0.05) is 49.8 Å². The van der Waals surface area contributed by atoms with E-state index >= 15 is 0 Å². The van der Waals surface area contributed by atoms with Crippen molar-refractivity contribution >= 4 is 6.41 Å². The second-order valence-corrected chi connectivity index (χ2v) is 11.9. The highest BCUT2D eigenvalue weighted by Crippen LogP contribution is 2.51. The van der Waals surface area contributed by atoms with E-state index in [0.717, 1.165) is 57.3 Å².